The summed E-state index contributed by atoms with van der Waals surface area (Å²) in [6.07, 6.45) is 5.77. The van der Waals surface area contributed by atoms with Crippen LogP contribution in [0.25, 0.3) is 16.7 Å². The van der Waals surface area contributed by atoms with Gasteiger partial charge in [-0.25, -0.2) is 0 Å². The van der Waals surface area contributed by atoms with Crippen LogP contribution in [0.4, 0.5) is 0 Å². The normalized spacial score (nSPS) is 17.9. The van der Waals surface area contributed by atoms with E-state index in [1.54, 1.807) is 42.7 Å². The molecular weight excluding hydrogens is 402 g/mol. The second-order valence-corrected chi connectivity index (χ2v) is 7.75. The predicted octanol–water partition coefficient (Wildman–Crippen LogP) is 4.23. The number of pyridine rings is 1. The SMILES string of the molecule is O=C1C(=O)N(CCc2c[nH]c3ccccc23)C(c2cccnc2)C1=C(O)c1ccccc1. The molecule has 1 fully saturated rings. The molecule has 2 aromatic carbocycles. The second-order valence-electron chi connectivity index (χ2n) is 7.75. The van der Waals surface area contributed by atoms with Crippen molar-refractivity contribution in [1.29, 1.82) is 0 Å². The van der Waals surface area contributed by atoms with Crippen LogP contribution in [0.3, 0.4) is 0 Å². The van der Waals surface area contributed by atoms with Crippen LogP contribution in [0.5, 0.6) is 0 Å². The number of ketones is 1. The summed E-state index contributed by atoms with van der Waals surface area (Å²) < 4.78 is 0. The lowest BCUT2D eigenvalue weighted by atomic mass is 9.96. The van der Waals surface area contributed by atoms with E-state index in [9.17, 15) is 14.7 Å². The number of benzene rings is 2. The van der Waals surface area contributed by atoms with Gasteiger partial charge < -0.3 is 15.0 Å². The third-order valence-electron chi connectivity index (χ3n) is 5.88. The number of H-pyrrole nitrogens is 1. The van der Waals surface area contributed by atoms with Crippen molar-refractivity contribution in [3.05, 3.63) is 108 Å². The average molecular weight is 423 g/mol. The van der Waals surface area contributed by atoms with Gasteiger partial charge in [-0.2, -0.15) is 0 Å². The first-order valence-electron chi connectivity index (χ1n) is 10.4. The highest BCUT2D eigenvalue weighted by molar-refractivity contribution is 6.46. The zero-order valence-corrected chi connectivity index (χ0v) is 17.2. The number of nitrogens with zero attached hydrogens (tertiary/aromatic N) is 2. The Morgan fingerprint density at radius 1 is 1.00 bits per heavy atom. The van der Waals surface area contributed by atoms with Crippen LogP contribution in [0.2, 0.25) is 0 Å². The number of fused-ring (bicyclic) bond motifs is 1. The van der Waals surface area contributed by atoms with Crippen LogP contribution < -0.4 is 0 Å². The molecule has 1 amide bonds. The summed E-state index contributed by atoms with van der Waals surface area (Å²) in [6.45, 7) is 0.331. The highest BCUT2D eigenvalue weighted by Crippen LogP contribution is 2.39. The molecule has 0 saturated carbocycles. The van der Waals surface area contributed by atoms with Gasteiger partial charge in [-0.1, -0.05) is 54.6 Å². The summed E-state index contributed by atoms with van der Waals surface area (Å²) in [6, 6.07) is 19.7. The van der Waals surface area contributed by atoms with Crippen LogP contribution in [0.15, 0.2) is 90.9 Å². The number of aromatic amines is 1. The molecule has 2 N–H and O–H groups in total. The standard InChI is InChI=1S/C26H21N3O3/c30-24(17-7-2-1-3-8-17)22-23(19-9-6-13-27-15-19)29(26(32)25(22)31)14-12-18-16-28-21-11-5-4-10-20(18)21/h1-11,13,15-16,23,28,30H,12,14H2. The molecule has 0 spiro atoms. The Morgan fingerprint density at radius 2 is 1.78 bits per heavy atom. The quantitative estimate of drug-likeness (QED) is 0.286. The van der Waals surface area contributed by atoms with Crippen molar-refractivity contribution < 1.29 is 14.7 Å². The Kier molecular flexibility index (Phi) is 5.03. The van der Waals surface area contributed by atoms with E-state index in [0.29, 0.717) is 24.1 Å². The van der Waals surface area contributed by atoms with Gasteiger partial charge in [-0.3, -0.25) is 14.6 Å². The second kappa shape index (κ2) is 8.15. The van der Waals surface area contributed by atoms with Crippen LogP contribution in [-0.2, 0) is 16.0 Å². The van der Waals surface area contributed by atoms with Crippen LogP contribution >= 0.6 is 0 Å². The number of carbonyl (C=O) groups excluding carboxylic acids is 2. The molecule has 1 aliphatic rings. The molecule has 158 valence electrons. The Morgan fingerprint density at radius 3 is 2.56 bits per heavy atom. The number of aromatic nitrogens is 2. The van der Waals surface area contributed by atoms with Crippen LogP contribution in [0.1, 0.15) is 22.7 Å². The molecule has 1 saturated heterocycles. The van der Waals surface area contributed by atoms with Crippen molar-refractivity contribution in [2.24, 2.45) is 0 Å². The lowest BCUT2D eigenvalue weighted by molar-refractivity contribution is -0.139. The number of para-hydroxylation sites is 1. The number of rotatable bonds is 5. The average Bonchev–Trinajstić information content (AvgIpc) is 3.37. The maximum atomic E-state index is 13.1. The van der Waals surface area contributed by atoms with E-state index < -0.39 is 17.7 Å². The maximum absolute atomic E-state index is 13.1. The molecule has 1 unspecified atom stereocenters. The van der Waals surface area contributed by atoms with Gasteiger partial charge in [0.25, 0.3) is 11.7 Å². The zero-order valence-electron chi connectivity index (χ0n) is 17.2. The summed E-state index contributed by atoms with van der Waals surface area (Å²) >= 11 is 0. The molecule has 0 radical (unpaired) electrons. The van der Waals surface area contributed by atoms with E-state index in [2.05, 4.69) is 9.97 Å². The Hall–Kier alpha value is -4.19. The fraction of sp³-hybridized carbons (Fsp3) is 0.115. The van der Waals surface area contributed by atoms with E-state index in [1.165, 1.54) is 4.90 Å². The Balaban J connectivity index is 1.55. The van der Waals surface area contributed by atoms with Gasteiger partial charge >= 0.3 is 0 Å². The minimum absolute atomic E-state index is 0.0909. The van der Waals surface area contributed by atoms with E-state index in [0.717, 1.165) is 16.5 Å². The lowest BCUT2D eigenvalue weighted by Crippen LogP contribution is -2.31. The Labute approximate surface area is 184 Å². The molecule has 1 aliphatic heterocycles. The molecule has 2 aromatic heterocycles. The van der Waals surface area contributed by atoms with Crippen molar-refractivity contribution in [2.45, 2.75) is 12.5 Å². The third-order valence-corrected chi connectivity index (χ3v) is 5.88. The first-order valence-corrected chi connectivity index (χ1v) is 10.4. The Bertz CT molecular complexity index is 1330. The van der Waals surface area contributed by atoms with Crippen LogP contribution in [-0.4, -0.2) is 38.2 Å². The molecule has 6 heteroatoms. The van der Waals surface area contributed by atoms with Crippen molar-refractivity contribution in [3.63, 3.8) is 0 Å². The van der Waals surface area contributed by atoms with Crippen molar-refractivity contribution in [1.82, 2.24) is 14.9 Å². The molecule has 6 nitrogen and oxygen atoms in total. The molecule has 0 bridgehead atoms. The van der Waals surface area contributed by atoms with Crippen molar-refractivity contribution >= 4 is 28.4 Å². The number of hydrogen-bond donors (Lipinski definition) is 2. The van der Waals surface area contributed by atoms with Crippen molar-refractivity contribution in [3.8, 4) is 0 Å². The number of aliphatic hydroxyl groups excluding tert-OH is 1. The van der Waals surface area contributed by atoms with Gasteiger partial charge in [0.1, 0.15) is 5.76 Å². The topological polar surface area (TPSA) is 86.3 Å². The molecule has 5 rings (SSSR count). The molecule has 3 heterocycles. The van der Waals surface area contributed by atoms with E-state index in [-0.39, 0.29) is 11.3 Å². The molecule has 32 heavy (non-hydrogen) atoms. The number of Topliss-reactive ketones (excluding diaryl/α,β-unsaturated/α-hetero) is 1. The van der Waals surface area contributed by atoms with E-state index in [1.807, 2.05) is 42.6 Å². The molecule has 1 atom stereocenters. The summed E-state index contributed by atoms with van der Waals surface area (Å²) in [5.41, 5.74) is 3.36. The summed E-state index contributed by atoms with van der Waals surface area (Å²) in [7, 11) is 0. The summed E-state index contributed by atoms with van der Waals surface area (Å²) in [5.74, 6) is -1.47. The third kappa shape index (κ3) is 3.36. The van der Waals surface area contributed by atoms with E-state index in [4.69, 9.17) is 0 Å². The van der Waals surface area contributed by atoms with Gasteiger partial charge in [-0.05, 0) is 29.7 Å². The predicted molar refractivity (Wildman–Crippen MR) is 122 cm³/mol. The maximum Gasteiger partial charge on any atom is 0.295 e. The van der Waals surface area contributed by atoms with Gasteiger partial charge in [0.05, 0.1) is 11.6 Å². The molecule has 4 aromatic rings. The highest BCUT2D eigenvalue weighted by Gasteiger charge is 2.45. The minimum Gasteiger partial charge on any atom is -0.507 e. The fourth-order valence-electron chi connectivity index (χ4n) is 4.33. The highest BCUT2D eigenvalue weighted by atomic mass is 16.3. The lowest BCUT2D eigenvalue weighted by Gasteiger charge is -2.25. The number of hydrogen-bond acceptors (Lipinski definition) is 4. The minimum atomic E-state index is -0.700. The largest absolute Gasteiger partial charge is 0.507 e. The number of amides is 1. The van der Waals surface area contributed by atoms with Gasteiger partial charge in [-0.15, -0.1) is 0 Å². The van der Waals surface area contributed by atoms with Gasteiger partial charge in [0.2, 0.25) is 0 Å². The smallest absolute Gasteiger partial charge is 0.295 e. The fourth-order valence-corrected chi connectivity index (χ4v) is 4.33. The first-order chi connectivity index (χ1) is 15.6. The summed E-state index contributed by atoms with van der Waals surface area (Å²) in [4.78, 5) is 35.1. The molecular formula is C26H21N3O3. The number of nitrogens with one attached hydrogen (secondary N) is 1. The van der Waals surface area contributed by atoms with Crippen LogP contribution in [0, 0.1) is 0 Å². The number of aliphatic hydroxyl groups is 1. The number of carbonyl (C=O) groups is 2. The van der Waals surface area contributed by atoms with E-state index >= 15 is 0 Å². The number of likely N-dealkylation sites (tertiary alicyclic amines) is 1. The van der Waals surface area contributed by atoms with Gasteiger partial charge in [0, 0.05) is 41.6 Å². The first kappa shape index (κ1) is 19.8. The van der Waals surface area contributed by atoms with Gasteiger partial charge in [0.15, 0.2) is 0 Å². The van der Waals surface area contributed by atoms with Crippen molar-refractivity contribution in [2.75, 3.05) is 6.54 Å². The zero-order chi connectivity index (χ0) is 22.1. The summed E-state index contributed by atoms with van der Waals surface area (Å²) in [5, 5.41) is 12.1. The molecule has 0 aliphatic carbocycles. The monoisotopic (exact) mass is 423 g/mol.